The molecule has 2 nitrogen and oxygen atoms in total. The quantitative estimate of drug-likeness (QED) is 0.425. The molecule has 0 aromatic rings. The van der Waals surface area contributed by atoms with Crippen molar-refractivity contribution >= 4 is 11.9 Å². The third-order valence-electron chi connectivity index (χ3n) is 0.609. The van der Waals surface area contributed by atoms with Crippen LogP contribution in [0, 0.1) is 0 Å². The van der Waals surface area contributed by atoms with E-state index in [1.807, 2.05) is 0 Å². The van der Waals surface area contributed by atoms with Crippen LogP contribution >= 0.6 is 11.9 Å². The van der Waals surface area contributed by atoms with Gasteiger partial charge in [0.1, 0.15) is 0 Å². The highest BCUT2D eigenvalue weighted by Gasteiger charge is 1.90. The molecule has 3 heteroatoms. The molecular formula is C3H6N2S. The minimum Gasteiger partial charge on any atom is -0.182 e. The molecule has 0 aliphatic carbocycles. The Hall–Kier alpha value is -0.0500. The third kappa shape index (κ3) is 0.971. The van der Waals surface area contributed by atoms with E-state index in [1.165, 1.54) is 6.42 Å². The van der Waals surface area contributed by atoms with Crippen LogP contribution in [0.3, 0.4) is 0 Å². The molecule has 1 aliphatic rings. The van der Waals surface area contributed by atoms with Gasteiger partial charge in [0.25, 0.3) is 0 Å². The summed E-state index contributed by atoms with van der Waals surface area (Å²) in [6.07, 6.45) is 1.20. The molecule has 0 radical (unpaired) electrons. The Balaban J connectivity index is 2.26. The molecule has 0 atom stereocenters. The molecule has 1 rings (SSSR count). The van der Waals surface area contributed by atoms with Gasteiger partial charge in [-0.3, -0.25) is 0 Å². The zero-order valence-electron chi connectivity index (χ0n) is 3.42. The second kappa shape index (κ2) is 2.18. The minimum absolute atomic E-state index is 0.938. The van der Waals surface area contributed by atoms with Crippen molar-refractivity contribution in [1.82, 2.24) is 0 Å². The lowest BCUT2D eigenvalue weighted by atomic mass is 10.5. The van der Waals surface area contributed by atoms with E-state index in [2.05, 4.69) is 9.63 Å². The van der Waals surface area contributed by atoms with Crippen molar-refractivity contribution in [3.05, 3.63) is 0 Å². The standard InChI is InChI=1S/C3H6N2S/c1-2-4-5-6-3-1/h1-3H2. The molecule has 0 fully saturated rings. The summed E-state index contributed by atoms with van der Waals surface area (Å²) in [5, 5.41) is 3.77. The van der Waals surface area contributed by atoms with Gasteiger partial charge in [-0.1, -0.05) is 0 Å². The van der Waals surface area contributed by atoms with Gasteiger partial charge in [0.05, 0.1) is 6.54 Å². The Labute approximate surface area is 41.2 Å². The summed E-state index contributed by atoms with van der Waals surface area (Å²) in [6, 6.07) is 0. The highest BCUT2D eigenvalue weighted by atomic mass is 32.2. The van der Waals surface area contributed by atoms with Crippen molar-refractivity contribution in [3.63, 3.8) is 0 Å². The summed E-state index contributed by atoms with van der Waals surface area (Å²) in [6.45, 7) is 0.938. The van der Waals surface area contributed by atoms with E-state index in [4.69, 9.17) is 0 Å². The molecular weight excluding hydrogens is 96.1 g/mol. The number of rotatable bonds is 0. The SMILES string of the molecule is C1CN=NSC1. The van der Waals surface area contributed by atoms with Gasteiger partial charge in [0.2, 0.25) is 0 Å². The fourth-order valence-electron chi connectivity index (χ4n) is 0.322. The van der Waals surface area contributed by atoms with Crippen molar-refractivity contribution in [2.75, 3.05) is 12.3 Å². The van der Waals surface area contributed by atoms with Crippen LogP contribution in [0.15, 0.2) is 9.63 Å². The first-order valence-electron chi connectivity index (χ1n) is 1.99. The smallest absolute Gasteiger partial charge is 0.0618 e. The van der Waals surface area contributed by atoms with Crippen molar-refractivity contribution in [1.29, 1.82) is 0 Å². The highest BCUT2D eigenvalue weighted by Crippen LogP contribution is 2.09. The highest BCUT2D eigenvalue weighted by molar-refractivity contribution is 7.97. The maximum atomic E-state index is 3.77. The number of hydrogen-bond donors (Lipinski definition) is 0. The van der Waals surface area contributed by atoms with Crippen LogP contribution in [-0.4, -0.2) is 12.3 Å². The van der Waals surface area contributed by atoms with Gasteiger partial charge < -0.3 is 0 Å². The topological polar surface area (TPSA) is 24.7 Å². The first-order chi connectivity index (χ1) is 3.00. The van der Waals surface area contributed by atoms with Gasteiger partial charge in [-0.25, -0.2) is 0 Å². The number of hydrogen-bond acceptors (Lipinski definition) is 3. The average molecular weight is 102 g/mol. The predicted molar refractivity (Wildman–Crippen MR) is 26.8 cm³/mol. The summed E-state index contributed by atoms with van der Waals surface area (Å²) in [5.41, 5.74) is 0. The fourth-order valence-corrected chi connectivity index (χ4v) is 0.825. The van der Waals surface area contributed by atoms with Crippen LogP contribution in [0.1, 0.15) is 6.42 Å². The Kier molecular flexibility index (Phi) is 1.50. The van der Waals surface area contributed by atoms with E-state index in [-0.39, 0.29) is 0 Å². The van der Waals surface area contributed by atoms with Crippen LogP contribution < -0.4 is 0 Å². The van der Waals surface area contributed by atoms with Crippen molar-refractivity contribution in [3.8, 4) is 0 Å². The number of nitrogens with zero attached hydrogens (tertiary/aromatic N) is 2. The first kappa shape index (κ1) is 4.12. The monoisotopic (exact) mass is 102 g/mol. The maximum absolute atomic E-state index is 3.77. The molecule has 1 heterocycles. The summed E-state index contributed by atoms with van der Waals surface area (Å²) in [4.78, 5) is 0. The van der Waals surface area contributed by atoms with E-state index >= 15 is 0 Å². The summed E-state index contributed by atoms with van der Waals surface area (Å²) in [5.74, 6) is 1.16. The molecule has 6 heavy (non-hydrogen) atoms. The van der Waals surface area contributed by atoms with Crippen LogP contribution in [0.25, 0.3) is 0 Å². The Morgan fingerprint density at radius 2 is 2.50 bits per heavy atom. The molecule has 0 aromatic heterocycles. The van der Waals surface area contributed by atoms with Gasteiger partial charge in [0, 0.05) is 5.75 Å². The third-order valence-corrected chi connectivity index (χ3v) is 1.31. The molecule has 0 bridgehead atoms. The molecule has 0 aromatic carbocycles. The molecule has 0 amide bonds. The maximum Gasteiger partial charge on any atom is 0.0618 e. The van der Waals surface area contributed by atoms with Crippen LogP contribution in [-0.2, 0) is 0 Å². The zero-order chi connectivity index (χ0) is 4.24. The van der Waals surface area contributed by atoms with Crippen molar-refractivity contribution in [2.45, 2.75) is 6.42 Å². The van der Waals surface area contributed by atoms with Crippen LogP contribution in [0.4, 0.5) is 0 Å². The molecule has 0 unspecified atom stereocenters. The summed E-state index contributed by atoms with van der Waals surface area (Å²) >= 11 is 1.55. The van der Waals surface area contributed by atoms with Crippen LogP contribution in [0.2, 0.25) is 0 Å². The lowest BCUT2D eigenvalue weighted by Crippen LogP contribution is -1.85. The van der Waals surface area contributed by atoms with Gasteiger partial charge >= 0.3 is 0 Å². The summed E-state index contributed by atoms with van der Waals surface area (Å²) < 4.78 is 3.72. The molecule has 0 saturated carbocycles. The fraction of sp³-hybridized carbons (Fsp3) is 1.00. The summed E-state index contributed by atoms with van der Waals surface area (Å²) in [7, 11) is 0. The lowest BCUT2D eigenvalue weighted by Gasteiger charge is -1.95. The van der Waals surface area contributed by atoms with Gasteiger partial charge in [-0.2, -0.15) is 5.11 Å². The van der Waals surface area contributed by atoms with E-state index in [9.17, 15) is 0 Å². The first-order valence-corrected chi connectivity index (χ1v) is 2.93. The molecule has 0 saturated heterocycles. The normalized spacial score (nSPS) is 21.3. The van der Waals surface area contributed by atoms with Crippen LogP contribution in [0.5, 0.6) is 0 Å². The Bertz CT molecular complexity index is 53.8. The van der Waals surface area contributed by atoms with E-state index in [1.54, 1.807) is 11.9 Å². The zero-order valence-corrected chi connectivity index (χ0v) is 4.24. The second-order valence-corrected chi connectivity index (χ2v) is 1.96. The van der Waals surface area contributed by atoms with Crippen molar-refractivity contribution < 1.29 is 0 Å². The van der Waals surface area contributed by atoms with E-state index < -0.39 is 0 Å². The van der Waals surface area contributed by atoms with E-state index in [0.717, 1.165) is 12.3 Å². The second-order valence-electron chi connectivity index (χ2n) is 1.13. The Morgan fingerprint density at radius 3 is 2.67 bits per heavy atom. The largest absolute Gasteiger partial charge is 0.182 e. The Morgan fingerprint density at radius 1 is 1.50 bits per heavy atom. The molecule has 34 valence electrons. The molecule has 1 aliphatic heterocycles. The average Bonchev–Trinajstić information content (AvgIpc) is 1.72. The van der Waals surface area contributed by atoms with Gasteiger partial charge in [-0.05, 0) is 18.4 Å². The lowest BCUT2D eigenvalue weighted by molar-refractivity contribution is 0.879. The van der Waals surface area contributed by atoms with Gasteiger partial charge in [-0.15, -0.1) is 4.52 Å². The van der Waals surface area contributed by atoms with Crippen molar-refractivity contribution in [2.24, 2.45) is 9.63 Å². The molecule has 0 spiro atoms. The van der Waals surface area contributed by atoms with E-state index in [0.29, 0.717) is 0 Å². The van der Waals surface area contributed by atoms with Gasteiger partial charge in [0.15, 0.2) is 0 Å². The minimum atomic E-state index is 0.938. The predicted octanol–water partition coefficient (Wildman–Crippen LogP) is 1.49. The molecule has 0 N–H and O–H groups in total.